The van der Waals surface area contributed by atoms with Crippen LogP contribution >= 0.6 is 11.6 Å². The lowest BCUT2D eigenvalue weighted by molar-refractivity contribution is 0.0470. The lowest BCUT2D eigenvalue weighted by atomic mass is 10.1. The number of rotatable bonds is 3. The van der Waals surface area contributed by atoms with Crippen LogP contribution in [0.4, 0.5) is 0 Å². The Hall–Kier alpha value is -2.07. The summed E-state index contributed by atoms with van der Waals surface area (Å²) in [5.41, 5.74) is 2.44. The summed E-state index contributed by atoms with van der Waals surface area (Å²) >= 11 is 5.87. The van der Waals surface area contributed by atoms with Gasteiger partial charge in [0.15, 0.2) is 0 Å². The van der Waals surface area contributed by atoms with Crippen molar-refractivity contribution in [1.29, 1.82) is 0 Å². The van der Waals surface area contributed by atoms with Gasteiger partial charge in [-0.15, -0.1) is 0 Å². The van der Waals surface area contributed by atoms with Crippen molar-refractivity contribution in [1.82, 2.24) is 4.98 Å². The molecule has 1 aromatic carbocycles. The summed E-state index contributed by atoms with van der Waals surface area (Å²) in [6.45, 7) is 0.0932. The van der Waals surface area contributed by atoms with E-state index >= 15 is 0 Å². The first kappa shape index (κ1) is 13.9. The number of carbonyl (C=O) groups is 1. The molecular formula is C16H14ClNO3. The third-order valence-corrected chi connectivity index (χ3v) is 3.80. The zero-order valence-corrected chi connectivity index (χ0v) is 12.1. The Bertz CT molecular complexity index is 751. The number of esters is 1. The van der Waals surface area contributed by atoms with Gasteiger partial charge in [0.05, 0.1) is 0 Å². The Morgan fingerprint density at radius 1 is 1.29 bits per heavy atom. The summed E-state index contributed by atoms with van der Waals surface area (Å²) in [4.78, 5) is 26.7. The van der Waals surface area contributed by atoms with Crippen LogP contribution in [0.15, 0.2) is 35.1 Å². The molecular weight excluding hydrogens is 290 g/mol. The molecule has 0 bridgehead atoms. The highest BCUT2D eigenvalue weighted by Crippen LogP contribution is 2.19. The number of nitrogens with one attached hydrogen (secondary N) is 1. The number of ether oxygens (including phenoxy) is 1. The molecule has 3 rings (SSSR count). The van der Waals surface area contributed by atoms with E-state index in [0.717, 1.165) is 36.1 Å². The number of pyridine rings is 1. The van der Waals surface area contributed by atoms with E-state index in [1.165, 1.54) is 0 Å². The maximum absolute atomic E-state index is 12.0. The second kappa shape index (κ2) is 5.74. The van der Waals surface area contributed by atoms with E-state index in [2.05, 4.69) is 4.98 Å². The van der Waals surface area contributed by atoms with Crippen LogP contribution in [-0.4, -0.2) is 11.0 Å². The van der Waals surface area contributed by atoms with E-state index in [0.29, 0.717) is 5.02 Å². The minimum Gasteiger partial charge on any atom is -0.457 e. The van der Waals surface area contributed by atoms with Crippen LogP contribution in [0.1, 0.15) is 33.6 Å². The maximum atomic E-state index is 12.0. The number of benzene rings is 1. The lowest BCUT2D eigenvalue weighted by Gasteiger charge is -2.06. The largest absolute Gasteiger partial charge is 0.457 e. The van der Waals surface area contributed by atoms with Crippen LogP contribution in [0, 0.1) is 0 Å². The average Bonchev–Trinajstić information content (AvgIpc) is 2.91. The first-order valence-corrected chi connectivity index (χ1v) is 7.18. The molecule has 0 amide bonds. The van der Waals surface area contributed by atoms with Gasteiger partial charge in [0.2, 0.25) is 0 Å². The van der Waals surface area contributed by atoms with Crippen molar-refractivity contribution in [2.45, 2.75) is 25.9 Å². The number of carbonyl (C=O) groups excluding carboxylic acids is 1. The molecule has 0 saturated carbocycles. The summed E-state index contributed by atoms with van der Waals surface area (Å²) in [5.74, 6) is -0.606. The molecule has 0 saturated heterocycles. The standard InChI is InChI=1S/C16H14ClNO3/c17-12-5-1-3-10(7-12)9-21-16(20)13-8-11-4-2-6-14(11)18-15(13)19/h1,3,5,7-8H,2,4,6,9H2,(H,18,19). The van der Waals surface area contributed by atoms with Gasteiger partial charge in [0.1, 0.15) is 12.2 Å². The highest BCUT2D eigenvalue weighted by atomic mass is 35.5. The molecule has 108 valence electrons. The minimum atomic E-state index is -0.606. The smallest absolute Gasteiger partial charge is 0.344 e. The summed E-state index contributed by atoms with van der Waals surface area (Å²) < 4.78 is 5.19. The fourth-order valence-electron chi connectivity index (χ4n) is 2.52. The lowest BCUT2D eigenvalue weighted by Crippen LogP contribution is -2.21. The molecule has 1 aromatic heterocycles. The van der Waals surface area contributed by atoms with Crippen molar-refractivity contribution in [3.8, 4) is 0 Å². The SMILES string of the molecule is O=C(OCc1cccc(Cl)c1)c1cc2c([nH]c1=O)CCC2. The molecule has 2 aromatic rings. The van der Waals surface area contributed by atoms with Gasteiger partial charge >= 0.3 is 5.97 Å². The van der Waals surface area contributed by atoms with Crippen molar-refractivity contribution in [3.63, 3.8) is 0 Å². The Morgan fingerprint density at radius 2 is 2.14 bits per heavy atom. The van der Waals surface area contributed by atoms with Crippen LogP contribution in [0.3, 0.4) is 0 Å². The highest BCUT2D eigenvalue weighted by Gasteiger charge is 2.19. The van der Waals surface area contributed by atoms with Gasteiger partial charge in [-0.1, -0.05) is 23.7 Å². The fraction of sp³-hybridized carbons (Fsp3) is 0.250. The maximum Gasteiger partial charge on any atom is 0.344 e. The van der Waals surface area contributed by atoms with E-state index in [1.54, 1.807) is 24.3 Å². The second-order valence-corrected chi connectivity index (χ2v) is 5.51. The van der Waals surface area contributed by atoms with Crippen LogP contribution in [-0.2, 0) is 24.2 Å². The molecule has 0 spiro atoms. The summed E-state index contributed by atoms with van der Waals surface area (Å²) in [5, 5.41) is 0.582. The number of aromatic nitrogens is 1. The number of fused-ring (bicyclic) bond motifs is 1. The number of hydrogen-bond donors (Lipinski definition) is 1. The Balaban J connectivity index is 1.75. The predicted molar refractivity (Wildman–Crippen MR) is 79.7 cm³/mol. The quantitative estimate of drug-likeness (QED) is 0.887. The second-order valence-electron chi connectivity index (χ2n) is 5.08. The van der Waals surface area contributed by atoms with Crippen molar-refractivity contribution in [2.75, 3.05) is 0 Å². The number of hydrogen-bond acceptors (Lipinski definition) is 3. The first-order valence-electron chi connectivity index (χ1n) is 6.80. The molecule has 0 fully saturated rings. The van der Waals surface area contributed by atoms with Crippen LogP contribution in [0.25, 0.3) is 0 Å². The van der Waals surface area contributed by atoms with Gasteiger partial charge in [-0.3, -0.25) is 4.79 Å². The molecule has 1 aliphatic rings. The Kier molecular flexibility index (Phi) is 3.80. The van der Waals surface area contributed by atoms with Crippen LogP contribution < -0.4 is 5.56 Å². The summed E-state index contributed by atoms with van der Waals surface area (Å²) in [6.07, 6.45) is 2.76. The monoisotopic (exact) mass is 303 g/mol. The van der Waals surface area contributed by atoms with E-state index in [9.17, 15) is 9.59 Å². The zero-order valence-electron chi connectivity index (χ0n) is 11.3. The molecule has 5 heteroatoms. The predicted octanol–water partition coefficient (Wildman–Crippen LogP) is 2.87. The highest BCUT2D eigenvalue weighted by molar-refractivity contribution is 6.30. The van der Waals surface area contributed by atoms with Gasteiger partial charge in [-0.2, -0.15) is 0 Å². The molecule has 21 heavy (non-hydrogen) atoms. The number of halogens is 1. The molecule has 1 aliphatic carbocycles. The normalized spacial score (nSPS) is 13.0. The third-order valence-electron chi connectivity index (χ3n) is 3.57. The topological polar surface area (TPSA) is 59.2 Å². The molecule has 0 radical (unpaired) electrons. The summed E-state index contributed by atoms with van der Waals surface area (Å²) in [6, 6.07) is 8.72. The first-order chi connectivity index (χ1) is 10.1. The fourth-order valence-corrected chi connectivity index (χ4v) is 2.73. The van der Waals surface area contributed by atoms with Crippen LogP contribution in [0.5, 0.6) is 0 Å². The van der Waals surface area contributed by atoms with Gasteiger partial charge in [0, 0.05) is 10.7 Å². The molecule has 0 unspecified atom stereocenters. The van der Waals surface area contributed by atoms with Crippen molar-refractivity contribution >= 4 is 17.6 Å². The number of H-pyrrole nitrogens is 1. The summed E-state index contributed by atoms with van der Waals surface area (Å²) in [7, 11) is 0. The van der Waals surface area contributed by atoms with E-state index in [-0.39, 0.29) is 17.7 Å². The zero-order chi connectivity index (χ0) is 14.8. The van der Waals surface area contributed by atoms with E-state index in [4.69, 9.17) is 16.3 Å². The van der Waals surface area contributed by atoms with Gasteiger partial charge in [0.25, 0.3) is 5.56 Å². The van der Waals surface area contributed by atoms with E-state index in [1.807, 2.05) is 6.07 Å². The van der Waals surface area contributed by atoms with Crippen molar-refractivity contribution < 1.29 is 9.53 Å². The molecule has 1 N–H and O–H groups in total. The molecule has 0 atom stereocenters. The van der Waals surface area contributed by atoms with Gasteiger partial charge in [-0.05, 0) is 48.6 Å². The average molecular weight is 304 g/mol. The van der Waals surface area contributed by atoms with Crippen molar-refractivity contribution in [3.05, 3.63) is 68.1 Å². The van der Waals surface area contributed by atoms with Gasteiger partial charge in [-0.25, -0.2) is 4.79 Å². The third kappa shape index (κ3) is 3.00. The van der Waals surface area contributed by atoms with Crippen LogP contribution in [0.2, 0.25) is 5.02 Å². The van der Waals surface area contributed by atoms with Crippen molar-refractivity contribution in [2.24, 2.45) is 0 Å². The number of aryl methyl sites for hydroxylation is 2. The molecule has 4 nitrogen and oxygen atoms in total. The number of aromatic amines is 1. The van der Waals surface area contributed by atoms with E-state index < -0.39 is 5.97 Å². The molecule has 1 heterocycles. The van der Waals surface area contributed by atoms with Gasteiger partial charge < -0.3 is 9.72 Å². The minimum absolute atomic E-state index is 0.0673. The Labute approximate surface area is 126 Å². The Morgan fingerprint density at radius 3 is 2.95 bits per heavy atom. The molecule has 0 aliphatic heterocycles.